The van der Waals surface area contributed by atoms with E-state index in [4.69, 9.17) is 40.1 Å². The summed E-state index contributed by atoms with van der Waals surface area (Å²) >= 11 is 0. The Morgan fingerprint density at radius 2 is 1.21 bits per heavy atom. The third-order valence-electron chi connectivity index (χ3n) is 11.8. The molecular weight excluding hydrogens is 815 g/mol. The number of aromatic hydroxyl groups is 1. The van der Waals surface area contributed by atoms with Crippen LogP contribution in [0.25, 0.3) is 72.7 Å². The van der Waals surface area contributed by atoms with Crippen LogP contribution in [0.5, 0.6) is 5.75 Å². The van der Waals surface area contributed by atoms with Crippen LogP contribution >= 0.6 is 0 Å². The molecule has 8 rings (SSSR count). The summed E-state index contributed by atoms with van der Waals surface area (Å²) in [6.07, 6.45) is -0.346. The van der Waals surface area contributed by atoms with Gasteiger partial charge in [-0.05, 0) is 126 Å². The number of imidazole rings is 1. The third kappa shape index (κ3) is 9.91. The molecule has 8 aromatic rings. The van der Waals surface area contributed by atoms with Crippen molar-refractivity contribution in [3.05, 3.63) is 167 Å². The molecule has 0 aliphatic carbocycles. The van der Waals surface area contributed by atoms with Gasteiger partial charge < -0.3 is 5.11 Å². The Balaban J connectivity index is 1.58. The molecule has 4 heteroatoms. The van der Waals surface area contributed by atoms with E-state index in [0.717, 1.165) is 11.1 Å². The van der Waals surface area contributed by atoms with Crippen LogP contribution in [0.15, 0.2) is 140 Å². The van der Waals surface area contributed by atoms with Crippen molar-refractivity contribution in [3.63, 3.8) is 0 Å². The van der Waals surface area contributed by atoms with Gasteiger partial charge in [-0.15, -0.1) is 0 Å². The van der Waals surface area contributed by atoms with Crippen molar-refractivity contribution in [2.75, 3.05) is 0 Å². The number of rotatable bonds is 7. The average Bonchev–Trinajstić information content (AvgIpc) is 1.08. The third-order valence-corrected chi connectivity index (χ3v) is 11.8. The fraction of sp³-hybridized carbons (Fsp3) is 0.333. The smallest absolute Gasteiger partial charge is 0.149 e. The first-order chi connectivity index (χ1) is 40.4. The lowest BCUT2D eigenvalue weighted by molar-refractivity contribution is 0.411. The second-order valence-corrected chi connectivity index (χ2v) is 20.5. The molecular formula is C63H71N3O. The molecule has 0 fully saturated rings. The lowest BCUT2D eigenvalue weighted by Crippen LogP contribution is -2.17. The zero-order valence-corrected chi connectivity index (χ0v) is 39.4. The van der Waals surface area contributed by atoms with Crippen molar-refractivity contribution in [1.82, 2.24) is 14.5 Å². The van der Waals surface area contributed by atoms with Crippen molar-refractivity contribution in [2.24, 2.45) is 5.41 Å². The Bertz CT molecular complexity index is 3920. The lowest BCUT2D eigenvalue weighted by Gasteiger charge is -2.28. The number of aromatic nitrogens is 3. The van der Waals surface area contributed by atoms with E-state index in [-0.39, 0.29) is 46.0 Å². The van der Waals surface area contributed by atoms with Crippen molar-refractivity contribution < 1.29 is 35.3 Å². The maximum Gasteiger partial charge on any atom is 0.149 e. The number of hydrogen-bond acceptors (Lipinski definition) is 3. The van der Waals surface area contributed by atoms with Gasteiger partial charge in [-0.2, -0.15) is 0 Å². The summed E-state index contributed by atoms with van der Waals surface area (Å²) in [5.41, 5.74) is -7.64. The first-order valence-corrected chi connectivity index (χ1v) is 22.2. The zero-order valence-electron chi connectivity index (χ0n) is 61.4. The molecule has 4 nitrogen and oxygen atoms in total. The van der Waals surface area contributed by atoms with Crippen LogP contribution in [0.2, 0.25) is 0 Å². The van der Waals surface area contributed by atoms with Gasteiger partial charge in [-0.25, -0.2) is 4.98 Å². The molecule has 6 aromatic carbocycles. The molecule has 2 aromatic heterocycles. The van der Waals surface area contributed by atoms with E-state index in [1.165, 1.54) is 22.9 Å². The van der Waals surface area contributed by atoms with Crippen LogP contribution in [0.3, 0.4) is 0 Å². The summed E-state index contributed by atoms with van der Waals surface area (Å²) in [6, 6.07) is 32.3. The number of hydrogen-bond donors (Lipinski definition) is 1. The molecule has 1 N–H and O–H groups in total. The Hall–Kier alpha value is -6.26. The highest BCUT2D eigenvalue weighted by atomic mass is 16.3. The highest BCUT2D eigenvalue weighted by Crippen LogP contribution is 2.46. The highest BCUT2D eigenvalue weighted by Gasteiger charge is 2.30. The van der Waals surface area contributed by atoms with E-state index in [2.05, 4.69) is 0 Å². The Kier molecular flexibility index (Phi) is 6.88. The molecule has 344 valence electrons. The standard InChI is InChI=1S/C63H71N3O/c1-59(2,3)39-40-24-26-41(27-25-40)43-30-31-64-53(35-43)45-32-44(33-47(34-45)61(7,8)9)49-22-19-23-55-56(49)65-58(51-37-48(62(10,11)12)38-52(57(51)67)63(13,14)15)66(55)54-29-28-46(60(4,5)6)36-50(54)42-20-17-16-18-21-42/h16-38,67H,39H2,1-15H3/i10D3,11D3,12D3,13D3,14D3,15D3,26D,27D,39D2. The quantitative estimate of drug-likeness (QED) is 0.173. The van der Waals surface area contributed by atoms with Crippen LogP contribution in [-0.4, -0.2) is 19.6 Å². The fourth-order valence-electron chi connectivity index (χ4n) is 8.27. The SMILES string of the molecule is [2H]c1cc(C([2H])([2H])C(C)(C)C)cc([2H])c1-c1ccnc(-c2cc(-c3cccc4c3nc(-c3cc(C(C([2H])([2H])[2H])(C([2H])([2H])[2H])C([2H])([2H])[2H])cc(C(C([2H])([2H])[2H])(C([2H])([2H])[2H])C([2H])([2H])[2H])c3O)n4-c3ccc(C(C)(C)C)cc3-c3ccccc3)cc(C(C)(C)C)c2)c1. The van der Waals surface area contributed by atoms with Gasteiger partial charge in [0.25, 0.3) is 0 Å². The summed E-state index contributed by atoms with van der Waals surface area (Å²) in [4.78, 5) is 9.97. The van der Waals surface area contributed by atoms with Gasteiger partial charge in [-0.3, -0.25) is 9.55 Å². The molecule has 0 bridgehead atoms. The number of benzene rings is 6. The molecule has 0 saturated carbocycles. The van der Waals surface area contributed by atoms with Crippen LogP contribution < -0.4 is 0 Å². The van der Waals surface area contributed by atoms with Gasteiger partial charge in [0.1, 0.15) is 11.6 Å². The van der Waals surface area contributed by atoms with Gasteiger partial charge >= 0.3 is 0 Å². The molecule has 2 heterocycles. The Morgan fingerprint density at radius 1 is 0.552 bits per heavy atom. The minimum absolute atomic E-state index is 0.0750. The topological polar surface area (TPSA) is 50.9 Å². The van der Waals surface area contributed by atoms with Gasteiger partial charge in [0.15, 0.2) is 0 Å². The summed E-state index contributed by atoms with van der Waals surface area (Å²) in [5, 5.41) is 13.1. The molecule has 0 aliphatic rings. The molecule has 0 spiro atoms. The molecule has 0 aliphatic heterocycles. The maximum absolute atomic E-state index is 13.1. The van der Waals surface area contributed by atoms with Gasteiger partial charge in [-0.1, -0.05) is 188 Å². The maximum atomic E-state index is 13.1. The van der Waals surface area contributed by atoms with Crippen LogP contribution in [0, 0.1) is 5.41 Å². The van der Waals surface area contributed by atoms with Crippen molar-refractivity contribution in [3.8, 4) is 67.5 Å². The van der Waals surface area contributed by atoms with Gasteiger partial charge in [0, 0.05) is 55.9 Å². The first-order valence-electron chi connectivity index (χ1n) is 33.2. The minimum Gasteiger partial charge on any atom is -0.507 e. The van der Waals surface area contributed by atoms with E-state index in [9.17, 15) is 5.11 Å². The van der Waals surface area contributed by atoms with Crippen molar-refractivity contribution in [2.45, 2.75) is 131 Å². The van der Waals surface area contributed by atoms with Crippen molar-refractivity contribution in [1.29, 1.82) is 0 Å². The fourth-order valence-corrected chi connectivity index (χ4v) is 8.27. The number of para-hydroxylation sites is 1. The average molecular weight is 908 g/mol. The molecule has 67 heavy (non-hydrogen) atoms. The second-order valence-electron chi connectivity index (χ2n) is 20.5. The van der Waals surface area contributed by atoms with Crippen LogP contribution in [-0.2, 0) is 28.0 Å². The number of nitrogens with zero attached hydrogens (tertiary/aromatic N) is 3. The summed E-state index contributed by atoms with van der Waals surface area (Å²) in [5.74, 6) is -1.85. The number of pyridine rings is 1. The zero-order chi connectivity index (χ0) is 67.0. The van der Waals surface area contributed by atoms with E-state index in [1.54, 1.807) is 75.4 Å². The normalized spacial score (nSPS) is 19.0. The largest absolute Gasteiger partial charge is 0.507 e. The predicted octanol–water partition coefficient (Wildman–Crippen LogP) is 17.2. The number of phenols is 1. The molecule has 0 unspecified atom stereocenters. The van der Waals surface area contributed by atoms with E-state index in [1.807, 2.05) is 84.0 Å². The van der Waals surface area contributed by atoms with Crippen molar-refractivity contribution >= 4 is 11.0 Å². The Morgan fingerprint density at radius 3 is 1.87 bits per heavy atom. The summed E-state index contributed by atoms with van der Waals surface area (Å²) in [7, 11) is 0. The number of phenolic OH excluding ortho intramolecular Hbond substituents is 1. The highest BCUT2D eigenvalue weighted by molar-refractivity contribution is 5.98. The molecule has 0 saturated heterocycles. The lowest BCUT2D eigenvalue weighted by atomic mass is 9.79. The Labute approximate surface area is 432 Å². The van der Waals surface area contributed by atoms with E-state index < -0.39 is 103 Å². The van der Waals surface area contributed by atoms with Gasteiger partial charge in [0.05, 0.1) is 30.7 Å². The monoisotopic (exact) mass is 908 g/mol. The van der Waals surface area contributed by atoms with Gasteiger partial charge in [0.2, 0.25) is 0 Å². The minimum atomic E-state index is -4.18. The van der Waals surface area contributed by atoms with Crippen LogP contribution in [0.1, 0.15) is 161 Å². The number of fused-ring (bicyclic) bond motifs is 1. The summed E-state index contributed by atoms with van der Waals surface area (Å²) in [6.45, 7) is -7.60. The van der Waals surface area contributed by atoms with E-state index >= 15 is 0 Å². The predicted molar refractivity (Wildman–Crippen MR) is 286 cm³/mol. The van der Waals surface area contributed by atoms with E-state index in [0.29, 0.717) is 45.1 Å². The second kappa shape index (κ2) is 17.1. The molecule has 0 radical (unpaired) electrons. The molecule has 0 atom stereocenters. The first kappa shape index (κ1) is 26.9. The molecule has 0 amide bonds. The summed E-state index contributed by atoms with van der Waals surface area (Å²) < 4.78 is 196. The van der Waals surface area contributed by atoms with Crippen LogP contribution in [0.4, 0.5) is 0 Å².